The first-order valence-electron chi connectivity index (χ1n) is 9.51. The summed E-state index contributed by atoms with van der Waals surface area (Å²) in [6.45, 7) is 4.27. The summed E-state index contributed by atoms with van der Waals surface area (Å²) >= 11 is 7.74. The van der Waals surface area contributed by atoms with Crippen LogP contribution in [0.4, 0.5) is 5.82 Å². The zero-order valence-electron chi connectivity index (χ0n) is 16.9. The second-order valence-electron chi connectivity index (χ2n) is 6.84. The van der Waals surface area contributed by atoms with Gasteiger partial charge < -0.3 is 9.84 Å². The minimum Gasteiger partial charge on any atom is -0.373 e. The normalized spacial score (nSPS) is 10.9. The van der Waals surface area contributed by atoms with E-state index in [0.717, 1.165) is 22.0 Å². The van der Waals surface area contributed by atoms with E-state index in [0.29, 0.717) is 17.5 Å². The van der Waals surface area contributed by atoms with Crippen LogP contribution in [0.3, 0.4) is 0 Å². The fraction of sp³-hybridized carbons (Fsp3) is 0.174. The molecule has 2 aromatic carbocycles. The summed E-state index contributed by atoms with van der Waals surface area (Å²) in [5.41, 5.74) is 5.67. The maximum atomic E-state index is 6.06. The fourth-order valence-corrected chi connectivity index (χ4v) is 4.40. The van der Waals surface area contributed by atoms with Crippen LogP contribution in [-0.4, -0.2) is 22.2 Å². The number of aryl methyl sites for hydroxylation is 1. The third kappa shape index (κ3) is 4.20. The van der Waals surface area contributed by atoms with Crippen LogP contribution in [0.2, 0.25) is 5.02 Å². The zero-order chi connectivity index (χ0) is 21.1. The molecule has 4 rings (SSSR count). The van der Waals surface area contributed by atoms with Gasteiger partial charge in [-0.15, -0.1) is 11.8 Å². The van der Waals surface area contributed by atoms with E-state index < -0.39 is 0 Å². The number of hydrogen-bond acceptors (Lipinski definition) is 6. The Bertz CT molecular complexity index is 1170. The molecule has 0 radical (unpaired) electrons. The van der Waals surface area contributed by atoms with Crippen molar-refractivity contribution in [2.75, 3.05) is 12.4 Å². The van der Waals surface area contributed by atoms with Gasteiger partial charge in [-0.3, -0.25) is 0 Å². The summed E-state index contributed by atoms with van der Waals surface area (Å²) in [6, 6.07) is 16.0. The molecule has 0 amide bonds. The van der Waals surface area contributed by atoms with Crippen LogP contribution >= 0.6 is 23.4 Å². The molecule has 0 bridgehead atoms. The number of hydrogen-bond donors (Lipinski definition) is 1. The van der Waals surface area contributed by atoms with Crippen LogP contribution in [-0.2, 0) is 5.75 Å². The molecule has 152 valence electrons. The standard InChI is InChI=1S/C23H21ClN4OS/c1-14-6-11-19(15(2)21(14)16-7-9-17(24)10-8-16)30-13-20-27-23(28-29-20)18-5-4-12-26-22(18)25-3/h4-12H,13H2,1-3H3,(H,25,26). The third-order valence-corrected chi connectivity index (χ3v) is 6.26. The van der Waals surface area contributed by atoms with Crippen molar-refractivity contribution in [1.29, 1.82) is 0 Å². The molecule has 7 heteroatoms. The van der Waals surface area contributed by atoms with E-state index >= 15 is 0 Å². The van der Waals surface area contributed by atoms with Crippen molar-refractivity contribution < 1.29 is 4.52 Å². The SMILES string of the molecule is CNc1ncccc1-c1noc(CSc2ccc(C)c(-c3ccc(Cl)cc3)c2C)n1. The van der Waals surface area contributed by atoms with E-state index in [2.05, 4.69) is 58.6 Å². The van der Waals surface area contributed by atoms with Gasteiger partial charge >= 0.3 is 0 Å². The number of benzene rings is 2. The summed E-state index contributed by atoms with van der Waals surface area (Å²) in [5.74, 6) is 2.42. The van der Waals surface area contributed by atoms with Gasteiger partial charge in [0.2, 0.25) is 11.7 Å². The van der Waals surface area contributed by atoms with Gasteiger partial charge in [-0.2, -0.15) is 4.98 Å². The molecule has 0 fully saturated rings. The maximum absolute atomic E-state index is 6.06. The summed E-state index contributed by atoms with van der Waals surface area (Å²) < 4.78 is 5.48. The monoisotopic (exact) mass is 436 g/mol. The molecule has 2 aromatic heterocycles. The van der Waals surface area contributed by atoms with Crippen molar-refractivity contribution in [3.05, 3.63) is 76.8 Å². The molecule has 0 aliphatic heterocycles. The molecule has 0 spiro atoms. The van der Waals surface area contributed by atoms with Crippen LogP contribution in [0.15, 0.2) is 64.1 Å². The first-order chi connectivity index (χ1) is 14.6. The van der Waals surface area contributed by atoms with Gasteiger partial charge in [-0.25, -0.2) is 4.98 Å². The van der Waals surface area contributed by atoms with Crippen molar-refractivity contribution in [2.45, 2.75) is 24.5 Å². The lowest BCUT2D eigenvalue weighted by molar-refractivity contribution is 0.391. The molecule has 2 heterocycles. The molecule has 0 atom stereocenters. The third-order valence-electron chi connectivity index (χ3n) is 4.86. The number of nitrogens with zero attached hydrogens (tertiary/aromatic N) is 3. The zero-order valence-corrected chi connectivity index (χ0v) is 18.5. The Hall–Kier alpha value is -2.83. The quantitative estimate of drug-likeness (QED) is 0.352. The number of thioether (sulfide) groups is 1. The van der Waals surface area contributed by atoms with Crippen molar-refractivity contribution in [3.8, 4) is 22.5 Å². The highest BCUT2D eigenvalue weighted by molar-refractivity contribution is 7.98. The van der Waals surface area contributed by atoms with Gasteiger partial charge in [-0.05, 0) is 66.4 Å². The van der Waals surface area contributed by atoms with Gasteiger partial charge in [-0.1, -0.05) is 35.0 Å². The summed E-state index contributed by atoms with van der Waals surface area (Å²) in [6.07, 6.45) is 1.73. The van der Waals surface area contributed by atoms with E-state index in [4.69, 9.17) is 16.1 Å². The van der Waals surface area contributed by atoms with Crippen LogP contribution in [0.5, 0.6) is 0 Å². The molecule has 4 aromatic rings. The molecule has 5 nitrogen and oxygen atoms in total. The molecular formula is C23H21ClN4OS. The van der Waals surface area contributed by atoms with Crippen molar-refractivity contribution >= 4 is 29.2 Å². The number of pyridine rings is 1. The lowest BCUT2D eigenvalue weighted by atomic mass is 9.96. The lowest BCUT2D eigenvalue weighted by Crippen LogP contribution is -1.95. The van der Waals surface area contributed by atoms with Crippen molar-refractivity contribution in [1.82, 2.24) is 15.1 Å². The maximum Gasteiger partial charge on any atom is 0.237 e. The molecule has 30 heavy (non-hydrogen) atoms. The Kier molecular flexibility index (Phi) is 6.06. The minimum absolute atomic E-state index is 0.533. The minimum atomic E-state index is 0.533. The van der Waals surface area contributed by atoms with E-state index in [1.54, 1.807) is 18.0 Å². The average molecular weight is 437 g/mol. The Labute approximate surface area is 184 Å². The lowest BCUT2D eigenvalue weighted by Gasteiger charge is -2.14. The van der Waals surface area contributed by atoms with E-state index in [1.807, 2.05) is 31.3 Å². The first-order valence-corrected chi connectivity index (χ1v) is 10.9. The summed E-state index contributed by atoms with van der Waals surface area (Å²) in [5, 5.41) is 7.92. The number of aromatic nitrogens is 3. The number of nitrogens with one attached hydrogen (secondary N) is 1. The smallest absolute Gasteiger partial charge is 0.237 e. The molecule has 0 saturated carbocycles. The number of anilines is 1. The van der Waals surface area contributed by atoms with Crippen molar-refractivity contribution in [3.63, 3.8) is 0 Å². The van der Waals surface area contributed by atoms with E-state index in [-0.39, 0.29) is 0 Å². The van der Waals surface area contributed by atoms with Gasteiger partial charge in [0.05, 0.1) is 11.3 Å². The van der Waals surface area contributed by atoms with E-state index in [1.165, 1.54) is 21.6 Å². The van der Waals surface area contributed by atoms with Crippen LogP contribution in [0.1, 0.15) is 17.0 Å². The van der Waals surface area contributed by atoms with Gasteiger partial charge in [0, 0.05) is 23.2 Å². The second kappa shape index (κ2) is 8.90. The van der Waals surface area contributed by atoms with Crippen LogP contribution < -0.4 is 5.32 Å². The topological polar surface area (TPSA) is 63.8 Å². The first kappa shape index (κ1) is 20.4. The number of rotatable bonds is 6. The molecule has 0 saturated heterocycles. The van der Waals surface area contributed by atoms with Gasteiger partial charge in [0.25, 0.3) is 0 Å². The highest BCUT2D eigenvalue weighted by Gasteiger charge is 2.15. The molecular weight excluding hydrogens is 416 g/mol. The molecule has 0 unspecified atom stereocenters. The Balaban J connectivity index is 1.56. The Morgan fingerprint density at radius 3 is 2.63 bits per heavy atom. The fourth-order valence-electron chi connectivity index (χ4n) is 3.39. The van der Waals surface area contributed by atoms with Crippen LogP contribution in [0.25, 0.3) is 22.5 Å². The Morgan fingerprint density at radius 2 is 1.87 bits per heavy atom. The van der Waals surface area contributed by atoms with Crippen LogP contribution in [0, 0.1) is 13.8 Å². The summed E-state index contributed by atoms with van der Waals surface area (Å²) in [7, 11) is 1.82. The highest BCUT2D eigenvalue weighted by Crippen LogP contribution is 2.35. The largest absolute Gasteiger partial charge is 0.373 e. The predicted octanol–water partition coefficient (Wildman–Crippen LogP) is 6.40. The molecule has 0 aliphatic rings. The molecule has 1 N–H and O–H groups in total. The van der Waals surface area contributed by atoms with E-state index in [9.17, 15) is 0 Å². The second-order valence-corrected chi connectivity index (χ2v) is 8.29. The average Bonchev–Trinajstić information content (AvgIpc) is 3.23. The molecule has 0 aliphatic carbocycles. The Morgan fingerprint density at radius 1 is 1.07 bits per heavy atom. The van der Waals surface area contributed by atoms with Gasteiger partial charge in [0.1, 0.15) is 5.82 Å². The van der Waals surface area contributed by atoms with Gasteiger partial charge in [0.15, 0.2) is 0 Å². The number of halogens is 1. The van der Waals surface area contributed by atoms with Crippen molar-refractivity contribution in [2.24, 2.45) is 0 Å². The predicted molar refractivity (Wildman–Crippen MR) is 123 cm³/mol. The highest BCUT2D eigenvalue weighted by atomic mass is 35.5. The summed E-state index contributed by atoms with van der Waals surface area (Å²) in [4.78, 5) is 10.0.